The Morgan fingerprint density at radius 2 is 2.05 bits per heavy atom. The Kier molecular flexibility index (Phi) is 4.42. The third kappa shape index (κ3) is 3.18. The van der Waals surface area contributed by atoms with Gasteiger partial charge in [-0.15, -0.1) is 0 Å². The van der Waals surface area contributed by atoms with Crippen LogP contribution in [0.25, 0.3) is 0 Å². The van der Waals surface area contributed by atoms with Crippen molar-refractivity contribution in [3.8, 4) is 0 Å². The first-order valence-corrected chi connectivity index (χ1v) is 7.07. The first-order chi connectivity index (χ1) is 9.51. The van der Waals surface area contributed by atoms with Crippen LogP contribution in [0.15, 0.2) is 6.07 Å². The second-order valence-electron chi connectivity index (χ2n) is 5.46. The van der Waals surface area contributed by atoms with E-state index in [9.17, 15) is 4.79 Å². The molecular formula is C14H23N5O. The zero-order valence-corrected chi connectivity index (χ0v) is 12.7. The lowest BCUT2D eigenvalue weighted by Gasteiger charge is -2.22. The van der Waals surface area contributed by atoms with E-state index in [1.165, 1.54) is 0 Å². The van der Waals surface area contributed by atoms with Crippen molar-refractivity contribution < 1.29 is 4.79 Å². The van der Waals surface area contributed by atoms with Crippen LogP contribution in [0.3, 0.4) is 0 Å². The van der Waals surface area contributed by atoms with Gasteiger partial charge in [0.25, 0.3) is 0 Å². The molecule has 20 heavy (non-hydrogen) atoms. The van der Waals surface area contributed by atoms with Crippen LogP contribution in [-0.4, -0.2) is 54.5 Å². The normalized spacial score (nSPS) is 16.6. The molecule has 110 valence electrons. The van der Waals surface area contributed by atoms with Gasteiger partial charge in [-0.05, 0) is 6.42 Å². The van der Waals surface area contributed by atoms with Gasteiger partial charge in [0.2, 0.25) is 5.91 Å². The summed E-state index contributed by atoms with van der Waals surface area (Å²) in [6.07, 6.45) is 0.956. The van der Waals surface area contributed by atoms with Gasteiger partial charge < -0.3 is 15.1 Å². The lowest BCUT2D eigenvalue weighted by atomic mass is 10.2. The molecule has 1 aromatic heterocycles. The average molecular weight is 277 g/mol. The molecule has 6 nitrogen and oxygen atoms in total. The van der Waals surface area contributed by atoms with Gasteiger partial charge in [0.1, 0.15) is 17.5 Å². The van der Waals surface area contributed by atoms with E-state index in [4.69, 9.17) is 0 Å². The largest absolute Gasteiger partial charge is 0.373 e. The summed E-state index contributed by atoms with van der Waals surface area (Å²) >= 11 is 0. The van der Waals surface area contributed by atoms with Crippen molar-refractivity contribution in [1.29, 1.82) is 0 Å². The van der Waals surface area contributed by atoms with Crippen LogP contribution in [0.5, 0.6) is 0 Å². The monoisotopic (exact) mass is 277 g/mol. The highest BCUT2D eigenvalue weighted by Crippen LogP contribution is 2.21. The number of likely N-dealkylation sites (N-methyl/N-ethyl adjacent to an activating group) is 1. The predicted octanol–water partition coefficient (Wildman–Crippen LogP) is 1.31. The molecule has 1 N–H and O–H groups in total. The molecule has 1 fully saturated rings. The van der Waals surface area contributed by atoms with E-state index in [1.54, 1.807) is 4.90 Å². The van der Waals surface area contributed by atoms with E-state index in [-0.39, 0.29) is 11.8 Å². The number of hydrogen-bond donors (Lipinski definition) is 1. The summed E-state index contributed by atoms with van der Waals surface area (Å²) in [7, 11) is 3.70. The van der Waals surface area contributed by atoms with Gasteiger partial charge in [0, 0.05) is 39.2 Å². The molecule has 1 amide bonds. The van der Waals surface area contributed by atoms with Gasteiger partial charge in [-0.2, -0.15) is 0 Å². The van der Waals surface area contributed by atoms with Gasteiger partial charge >= 0.3 is 0 Å². The van der Waals surface area contributed by atoms with E-state index in [0.717, 1.165) is 37.0 Å². The van der Waals surface area contributed by atoms with E-state index in [0.29, 0.717) is 6.54 Å². The number of rotatable bonds is 3. The number of aromatic nitrogens is 2. The van der Waals surface area contributed by atoms with Crippen molar-refractivity contribution in [2.75, 3.05) is 43.9 Å². The minimum absolute atomic E-state index is 0.137. The van der Waals surface area contributed by atoms with Crippen LogP contribution in [-0.2, 0) is 4.79 Å². The van der Waals surface area contributed by atoms with Crippen LogP contribution >= 0.6 is 0 Å². The first kappa shape index (κ1) is 14.6. The summed E-state index contributed by atoms with van der Waals surface area (Å²) < 4.78 is 0. The number of anilines is 2. The molecule has 0 radical (unpaired) electrons. The summed E-state index contributed by atoms with van der Waals surface area (Å²) in [5, 5.41) is 3.06. The Morgan fingerprint density at radius 1 is 1.30 bits per heavy atom. The second kappa shape index (κ2) is 6.07. The number of nitrogens with one attached hydrogen (secondary N) is 1. The Bertz CT molecular complexity index is 488. The molecule has 1 aliphatic rings. The lowest BCUT2D eigenvalue weighted by Crippen LogP contribution is -2.35. The maximum absolute atomic E-state index is 12.0. The van der Waals surface area contributed by atoms with E-state index < -0.39 is 0 Å². The van der Waals surface area contributed by atoms with Crippen LogP contribution < -0.4 is 10.2 Å². The molecule has 1 saturated heterocycles. The molecule has 2 heterocycles. The third-order valence-corrected chi connectivity index (χ3v) is 3.50. The quantitative estimate of drug-likeness (QED) is 0.902. The molecule has 2 rings (SSSR count). The fourth-order valence-corrected chi connectivity index (χ4v) is 2.18. The molecular weight excluding hydrogens is 254 g/mol. The SMILES string of the molecule is CNc1cc(N2CCCN(C)C(=O)C2)nc(C(C)C)n1. The summed E-state index contributed by atoms with van der Waals surface area (Å²) in [5.74, 6) is 2.82. The van der Waals surface area contributed by atoms with Crippen molar-refractivity contribution in [3.05, 3.63) is 11.9 Å². The second-order valence-corrected chi connectivity index (χ2v) is 5.46. The van der Waals surface area contributed by atoms with E-state index in [1.807, 2.05) is 25.1 Å². The highest BCUT2D eigenvalue weighted by atomic mass is 16.2. The molecule has 1 aromatic rings. The van der Waals surface area contributed by atoms with Crippen molar-refractivity contribution in [2.24, 2.45) is 0 Å². The number of carbonyl (C=O) groups excluding carboxylic acids is 1. The first-order valence-electron chi connectivity index (χ1n) is 7.07. The number of hydrogen-bond acceptors (Lipinski definition) is 5. The topological polar surface area (TPSA) is 61.4 Å². The van der Waals surface area contributed by atoms with Gasteiger partial charge in [0.15, 0.2) is 0 Å². The summed E-state index contributed by atoms with van der Waals surface area (Å²) in [6.45, 7) is 6.16. The van der Waals surface area contributed by atoms with Crippen LogP contribution in [0.1, 0.15) is 32.0 Å². The Morgan fingerprint density at radius 3 is 2.70 bits per heavy atom. The number of nitrogens with zero attached hydrogens (tertiary/aromatic N) is 4. The number of carbonyl (C=O) groups is 1. The third-order valence-electron chi connectivity index (χ3n) is 3.50. The summed E-state index contributed by atoms with van der Waals surface area (Å²) in [5.41, 5.74) is 0. The predicted molar refractivity (Wildman–Crippen MR) is 80.1 cm³/mol. The molecule has 0 bridgehead atoms. The molecule has 0 unspecified atom stereocenters. The van der Waals surface area contributed by atoms with Crippen LogP contribution in [0, 0.1) is 0 Å². The summed E-state index contributed by atoms with van der Waals surface area (Å²) in [4.78, 5) is 24.9. The Hall–Kier alpha value is -1.85. The maximum atomic E-state index is 12.0. The highest BCUT2D eigenvalue weighted by Gasteiger charge is 2.21. The van der Waals surface area contributed by atoms with E-state index in [2.05, 4.69) is 29.1 Å². The zero-order valence-electron chi connectivity index (χ0n) is 12.7. The van der Waals surface area contributed by atoms with Crippen LogP contribution in [0.2, 0.25) is 0 Å². The minimum Gasteiger partial charge on any atom is -0.373 e. The molecule has 0 aliphatic carbocycles. The van der Waals surface area contributed by atoms with E-state index >= 15 is 0 Å². The van der Waals surface area contributed by atoms with Gasteiger partial charge in [-0.3, -0.25) is 4.79 Å². The molecule has 6 heteroatoms. The summed E-state index contributed by atoms with van der Waals surface area (Å²) in [6, 6.07) is 1.91. The van der Waals surface area contributed by atoms with Crippen molar-refractivity contribution in [2.45, 2.75) is 26.2 Å². The van der Waals surface area contributed by atoms with Gasteiger partial charge in [-0.25, -0.2) is 9.97 Å². The van der Waals surface area contributed by atoms with Gasteiger partial charge in [0.05, 0.1) is 6.54 Å². The fourth-order valence-electron chi connectivity index (χ4n) is 2.18. The zero-order chi connectivity index (χ0) is 14.7. The molecule has 0 spiro atoms. The Labute approximate surface area is 120 Å². The minimum atomic E-state index is 0.137. The fraction of sp³-hybridized carbons (Fsp3) is 0.643. The molecule has 0 atom stereocenters. The van der Waals surface area contributed by atoms with Crippen LogP contribution in [0.4, 0.5) is 11.6 Å². The highest BCUT2D eigenvalue weighted by molar-refractivity contribution is 5.81. The Balaban J connectivity index is 2.30. The molecule has 1 aliphatic heterocycles. The van der Waals surface area contributed by atoms with Crippen molar-refractivity contribution in [1.82, 2.24) is 14.9 Å². The molecule has 0 saturated carbocycles. The maximum Gasteiger partial charge on any atom is 0.241 e. The van der Waals surface area contributed by atoms with Crippen molar-refractivity contribution in [3.63, 3.8) is 0 Å². The standard InChI is InChI=1S/C14H23N5O/c1-10(2)14-16-11(15-3)8-12(17-14)19-7-5-6-18(4)13(20)9-19/h8,10H,5-7,9H2,1-4H3,(H,15,16,17). The molecule has 0 aromatic carbocycles. The number of amides is 1. The average Bonchev–Trinajstić information content (AvgIpc) is 2.60. The lowest BCUT2D eigenvalue weighted by molar-refractivity contribution is -0.127. The van der Waals surface area contributed by atoms with Gasteiger partial charge in [-0.1, -0.05) is 13.8 Å². The van der Waals surface area contributed by atoms with Crippen molar-refractivity contribution >= 4 is 17.5 Å². The smallest absolute Gasteiger partial charge is 0.241 e.